The number of hydrogen-bond acceptors (Lipinski definition) is 3. The molecule has 0 saturated carbocycles. The highest BCUT2D eigenvalue weighted by molar-refractivity contribution is 5.99. The molecule has 100 valence electrons. The highest BCUT2D eigenvalue weighted by Gasteiger charge is 2.25. The summed E-state index contributed by atoms with van der Waals surface area (Å²) >= 11 is 0. The molecule has 1 atom stereocenters. The topological polar surface area (TPSA) is 71.6 Å². The smallest absolute Gasteiger partial charge is 0.352 e. The Morgan fingerprint density at radius 1 is 1.58 bits per heavy atom. The number of rotatable bonds is 3. The van der Waals surface area contributed by atoms with Crippen LogP contribution in [0.4, 0.5) is 0 Å². The number of H-pyrrole nitrogens is 1. The van der Waals surface area contributed by atoms with E-state index in [-0.39, 0.29) is 11.8 Å². The maximum atomic E-state index is 11.1. The van der Waals surface area contributed by atoms with E-state index in [1.165, 1.54) is 0 Å². The predicted molar refractivity (Wildman–Crippen MR) is 70.2 cm³/mol. The van der Waals surface area contributed by atoms with Gasteiger partial charge in [-0.25, -0.2) is 4.79 Å². The molecular formula is C14H15NO4. The standard InChI is InChI=1S/C14H15NO4/c1-3-18-11-5-8-4-7(2)19-13(8)12-9(11)6-10(15-12)14(16)17/h5-7,15H,3-4H2,1-2H3,(H,16,17)/t7-/m0/s1. The van der Waals surface area contributed by atoms with Crippen LogP contribution in [0.25, 0.3) is 10.9 Å². The maximum absolute atomic E-state index is 11.1. The molecule has 0 saturated heterocycles. The van der Waals surface area contributed by atoms with Gasteiger partial charge in [0.25, 0.3) is 0 Å². The molecule has 0 fully saturated rings. The SMILES string of the molecule is CCOc1cc2c(c3[nH]c(C(=O)O)cc13)O[C@@H](C)C2. The van der Waals surface area contributed by atoms with Gasteiger partial charge >= 0.3 is 5.97 Å². The summed E-state index contributed by atoms with van der Waals surface area (Å²) in [6.07, 6.45) is 0.916. The summed E-state index contributed by atoms with van der Waals surface area (Å²) in [4.78, 5) is 14.0. The van der Waals surface area contributed by atoms with Crippen LogP contribution in [0.1, 0.15) is 29.9 Å². The number of nitrogens with one attached hydrogen (secondary N) is 1. The molecule has 2 N–H and O–H groups in total. The van der Waals surface area contributed by atoms with E-state index in [2.05, 4.69) is 4.98 Å². The molecule has 1 aliphatic rings. The van der Waals surface area contributed by atoms with Crippen molar-refractivity contribution >= 4 is 16.9 Å². The molecule has 1 aliphatic heterocycles. The first-order valence-corrected chi connectivity index (χ1v) is 6.31. The van der Waals surface area contributed by atoms with Crippen LogP contribution in [0.2, 0.25) is 0 Å². The third-order valence-corrected chi connectivity index (χ3v) is 3.26. The number of aromatic amines is 1. The molecule has 0 unspecified atom stereocenters. The number of carbonyl (C=O) groups is 1. The van der Waals surface area contributed by atoms with Gasteiger partial charge in [-0.2, -0.15) is 0 Å². The second-order valence-electron chi connectivity index (χ2n) is 4.71. The lowest BCUT2D eigenvalue weighted by Crippen LogP contribution is -2.05. The highest BCUT2D eigenvalue weighted by Crippen LogP contribution is 2.41. The monoisotopic (exact) mass is 261 g/mol. The summed E-state index contributed by atoms with van der Waals surface area (Å²) in [5, 5.41) is 9.85. The maximum Gasteiger partial charge on any atom is 0.352 e. The summed E-state index contributed by atoms with van der Waals surface area (Å²) in [7, 11) is 0. The largest absolute Gasteiger partial charge is 0.493 e. The van der Waals surface area contributed by atoms with Gasteiger partial charge in [0.2, 0.25) is 0 Å². The molecule has 0 bridgehead atoms. The molecule has 2 heterocycles. The van der Waals surface area contributed by atoms with Gasteiger partial charge in [-0.3, -0.25) is 0 Å². The number of aromatic nitrogens is 1. The lowest BCUT2D eigenvalue weighted by molar-refractivity contribution is 0.0691. The first kappa shape index (κ1) is 11.9. The number of ether oxygens (including phenoxy) is 2. The molecule has 19 heavy (non-hydrogen) atoms. The Bertz CT molecular complexity index is 659. The summed E-state index contributed by atoms with van der Waals surface area (Å²) < 4.78 is 11.4. The number of benzene rings is 1. The normalized spacial score (nSPS) is 17.3. The molecule has 3 rings (SSSR count). The Balaban J connectivity index is 2.26. The Kier molecular flexibility index (Phi) is 2.62. The molecule has 5 heteroatoms. The van der Waals surface area contributed by atoms with E-state index in [1.807, 2.05) is 19.9 Å². The van der Waals surface area contributed by atoms with E-state index in [9.17, 15) is 4.79 Å². The van der Waals surface area contributed by atoms with Gasteiger partial charge in [0.15, 0.2) is 0 Å². The van der Waals surface area contributed by atoms with Crippen LogP contribution in [-0.4, -0.2) is 28.8 Å². The quantitative estimate of drug-likeness (QED) is 0.890. The second-order valence-corrected chi connectivity index (χ2v) is 4.71. The third kappa shape index (κ3) is 1.82. The van der Waals surface area contributed by atoms with E-state index in [0.717, 1.165) is 23.1 Å². The highest BCUT2D eigenvalue weighted by atomic mass is 16.5. The molecule has 0 radical (unpaired) electrons. The molecule has 5 nitrogen and oxygen atoms in total. The fourth-order valence-electron chi connectivity index (χ4n) is 2.52. The minimum Gasteiger partial charge on any atom is -0.493 e. The lowest BCUT2D eigenvalue weighted by atomic mass is 10.1. The molecular weight excluding hydrogens is 246 g/mol. The number of carboxylic acids is 1. The fourth-order valence-corrected chi connectivity index (χ4v) is 2.52. The molecule has 0 spiro atoms. The lowest BCUT2D eigenvalue weighted by Gasteiger charge is -2.08. The van der Waals surface area contributed by atoms with E-state index in [4.69, 9.17) is 14.6 Å². The zero-order valence-electron chi connectivity index (χ0n) is 10.8. The van der Waals surface area contributed by atoms with Gasteiger partial charge < -0.3 is 19.6 Å². The second kappa shape index (κ2) is 4.19. The fraction of sp³-hybridized carbons (Fsp3) is 0.357. The van der Waals surface area contributed by atoms with Crippen molar-refractivity contribution in [2.45, 2.75) is 26.4 Å². The van der Waals surface area contributed by atoms with E-state index in [0.29, 0.717) is 17.9 Å². The zero-order valence-corrected chi connectivity index (χ0v) is 10.8. The summed E-state index contributed by atoms with van der Waals surface area (Å²) in [6, 6.07) is 3.54. The van der Waals surface area contributed by atoms with Gasteiger partial charge in [0.1, 0.15) is 23.3 Å². The van der Waals surface area contributed by atoms with Crippen LogP contribution in [0.3, 0.4) is 0 Å². The van der Waals surface area contributed by atoms with Gasteiger partial charge in [-0.05, 0) is 26.0 Å². The molecule has 0 amide bonds. The minimum atomic E-state index is -0.988. The first-order valence-electron chi connectivity index (χ1n) is 6.31. The van der Waals surface area contributed by atoms with Crippen molar-refractivity contribution in [3.63, 3.8) is 0 Å². The number of carboxylic acid groups (broad SMARTS) is 1. The van der Waals surface area contributed by atoms with Crippen molar-refractivity contribution in [1.29, 1.82) is 0 Å². The molecule has 2 aromatic rings. The molecule has 0 aliphatic carbocycles. The average Bonchev–Trinajstić information content (AvgIpc) is 2.92. The Labute approximate surface area is 110 Å². The van der Waals surface area contributed by atoms with Crippen LogP contribution in [-0.2, 0) is 6.42 Å². The minimum absolute atomic E-state index is 0.103. The number of fused-ring (bicyclic) bond motifs is 3. The Morgan fingerprint density at radius 2 is 2.37 bits per heavy atom. The number of aromatic carboxylic acids is 1. The van der Waals surface area contributed by atoms with Gasteiger partial charge in [0, 0.05) is 17.4 Å². The van der Waals surface area contributed by atoms with E-state index >= 15 is 0 Å². The van der Waals surface area contributed by atoms with E-state index in [1.54, 1.807) is 6.07 Å². The number of hydrogen-bond donors (Lipinski definition) is 2. The van der Waals surface area contributed by atoms with Crippen LogP contribution < -0.4 is 9.47 Å². The zero-order chi connectivity index (χ0) is 13.6. The van der Waals surface area contributed by atoms with Crippen molar-refractivity contribution < 1.29 is 19.4 Å². The van der Waals surface area contributed by atoms with Crippen molar-refractivity contribution in [3.8, 4) is 11.5 Å². The van der Waals surface area contributed by atoms with E-state index < -0.39 is 5.97 Å². The van der Waals surface area contributed by atoms with Crippen molar-refractivity contribution in [2.24, 2.45) is 0 Å². The average molecular weight is 261 g/mol. The summed E-state index contributed by atoms with van der Waals surface area (Å²) in [6.45, 7) is 4.44. The van der Waals surface area contributed by atoms with Gasteiger partial charge in [0.05, 0.1) is 12.1 Å². The molecule has 1 aromatic carbocycles. The first-order chi connectivity index (χ1) is 9.10. The third-order valence-electron chi connectivity index (χ3n) is 3.26. The van der Waals surface area contributed by atoms with Crippen LogP contribution in [0.5, 0.6) is 11.5 Å². The van der Waals surface area contributed by atoms with Crippen molar-refractivity contribution in [2.75, 3.05) is 6.61 Å². The van der Waals surface area contributed by atoms with Crippen molar-refractivity contribution in [1.82, 2.24) is 4.98 Å². The summed E-state index contributed by atoms with van der Waals surface area (Å²) in [5.74, 6) is 0.467. The van der Waals surface area contributed by atoms with Crippen LogP contribution in [0.15, 0.2) is 12.1 Å². The van der Waals surface area contributed by atoms with Crippen molar-refractivity contribution in [3.05, 3.63) is 23.4 Å². The van der Waals surface area contributed by atoms with Gasteiger partial charge in [-0.15, -0.1) is 0 Å². The Morgan fingerprint density at radius 3 is 3.05 bits per heavy atom. The van der Waals surface area contributed by atoms with Gasteiger partial charge in [-0.1, -0.05) is 0 Å². The van der Waals surface area contributed by atoms with Crippen LogP contribution >= 0.6 is 0 Å². The van der Waals surface area contributed by atoms with Crippen LogP contribution in [0, 0.1) is 0 Å². The predicted octanol–water partition coefficient (Wildman–Crippen LogP) is 2.59. The summed E-state index contributed by atoms with van der Waals surface area (Å²) in [5.41, 5.74) is 1.91. The molecule has 1 aromatic heterocycles. The Hall–Kier alpha value is -2.17.